The van der Waals surface area contributed by atoms with Gasteiger partial charge < -0.3 is 0 Å². The zero-order valence-corrected chi connectivity index (χ0v) is 10.3. The lowest BCUT2D eigenvalue weighted by atomic mass is 10.5. The molecule has 80 valence electrons. The maximum absolute atomic E-state index is 11.6. The third-order valence-corrected chi connectivity index (χ3v) is 3.49. The van der Waals surface area contributed by atoms with E-state index in [4.69, 9.17) is 0 Å². The van der Waals surface area contributed by atoms with Crippen LogP contribution in [0, 0.1) is 6.92 Å². The van der Waals surface area contributed by atoms with E-state index in [1.165, 1.54) is 6.20 Å². The van der Waals surface area contributed by atoms with Gasteiger partial charge in [0.2, 0.25) is 10.0 Å². The Hall–Kier alpha value is -0.400. The van der Waals surface area contributed by atoms with E-state index in [0.29, 0.717) is 12.2 Å². The number of aryl methyl sites for hydroxylation is 1. The number of sulfonamides is 1. The molecule has 0 aliphatic rings. The van der Waals surface area contributed by atoms with Crippen LogP contribution >= 0.6 is 15.9 Å². The summed E-state index contributed by atoms with van der Waals surface area (Å²) in [5.74, 6) is 0. The molecule has 0 saturated heterocycles. The van der Waals surface area contributed by atoms with Gasteiger partial charge in [-0.2, -0.15) is 5.10 Å². The first-order chi connectivity index (χ1) is 6.43. The average Bonchev–Trinajstić information content (AvgIpc) is 2.48. The predicted molar refractivity (Wildman–Crippen MR) is 56.9 cm³/mol. The molecule has 0 aromatic carbocycles. The second-order valence-corrected chi connectivity index (χ2v) is 6.29. The molecule has 0 bridgehead atoms. The van der Waals surface area contributed by atoms with Crippen LogP contribution in [0.4, 0.5) is 0 Å². The number of hydrogen-bond donors (Lipinski definition) is 2. The Balaban J connectivity index is 2.82. The molecule has 0 aliphatic carbocycles. The Morgan fingerprint density at radius 1 is 1.71 bits per heavy atom. The Labute approximate surface area is 91.5 Å². The summed E-state index contributed by atoms with van der Waals surface area (Å²) in [6, 6.07) is 0. The number of alkyl halides is 1. The van der Waals surface area contributed by atoms with Crippen LogP contribution in [0.2, 0.25) is 0 Å². The van der Waals surface area contributed by atoms with Crippen LogP contribution in [0.3, 0.4) is 0 Å². The van der Waals surface area contributed by atoms with Gasteiger partial charge in [0, 0.05) is 11.4 Å². The number of hydrogen-bond acceptors (Lipinski definition) is 3. The molecule has 1 aromatic heterocycles. The van der Waals surface area contributed by atoms with Crippen molar-refractivity contribution in [2.45, 2.75) is 23.6 Å². The number of nitrogens with one attached hydrogen (secondary N) is 2. The molecule has 14 heavy (non-hydrogen) atoms. The van der Waals surface area contributed by atoms with E-state index < -0.39 is 10.0 Å². The Morgan fingerprint density at radius 3 is 2.79 bits per heavy atom. The van der Waals surface area contributed by atoms with Crippen LogP contribution in [0.5, 0.6) is 0 Å². The van der Waals surface area contributed by atoms with Crippen LogP contribution in [0.25, 0.3) is 0 Å². The van der Waals surface area contributed by atoms with Crippen molar-refractivity contribution in [2.75, 3.05) is 6.54 Å². The van der Waals surface area contributed by atoms with Crippen molar-refractivity contribution >= 4 is 26.0 Å². The molecule has 0 fully saturated rings. The van der Waals surface area contributed by atoms with E-state index >= 15 is 0 Å². The van der Waals surface area contributed by atoms with Crippen molar-refractivity contribution in [3.8, 4) is 0 Å². The molecule has 0 aliphatic heterocycles. The second-order valence-electron chi connectivity index (χ2n) is 2.99. The first-order valence-corrected chi connectivity index (χ1v) is 6.47. The van der Waals surface area contributed by atoms with Crippen molar-refractivity contribution in [3.05, 3.63) is 11.9 Å². The summed E-state index contributed by atoms with van der Waals surface area (Å²) in [4.78, 5) is 0.301. The SMILES string of the molecule is Cc1[nH]ncc1S(=O)(=O)NCC(C)Br. The van der Waals surface area contributed by atoms with Gasteiger partial charge in [0.05, 0.1) is 11.9 Å². The zero-order chi connectivity index (χ0) is 10.8. The average molecular weight is 282 g/mol. The molecule has 1 atom stereocenters. The summed E-state index contributed by atoms with van der Waals surface area (Å²) in [6.45, 7) is 3.89. The van der Waals surface area contributed by atoms with Gasteiger partial charge in [0.1, 0.15) is 4.90 Å². The van der Waals surface area contributed by atoms with E-state index in [0.717, 1.165) is 0 Å². The van der Waals surface area contributed by atoms with Crippen molar-refractivity contribution in [2.24, 2.45) is 0 Å². The zero-order valence-electron chi connectivity index (χ0n) is 7.91. The maximum Gasteiger partial charge on any atom is 0.243 e. The highest BCUT2D eigenvalue weighted by atomic mass is 79.9. The number of aromatic amines is 1. The Bertz CT molecular complexity index is 399. The van der Waals surface area contributed by atoms with Crippen molar-refractivity contribution in [3.63, 3.8) is 0 Å². The first kappa shape index (κ1) is 11.7. The van der Waals surface area contributed by atoms with E-state index in [1.807, 2.05) is 6.92 Å². The Morgan fingerprint density at radius 2 is 2.36 bits per heavy atom. The summed E-state index contributed by atoms with van der Waals surface area (Å²) in [5.41, 5.74) is 0.541. The van der Waals surface area contributed by atoms with Gasteiger partial charge in [-0.15, -0.1) is 0 Å². The quantitative estimate of drug-likeness (QED) is 0.801. The minimum atomic E-state index is -3.42. The monoisotopic (exact) mass is 281 g/mol. The van der Waals surface area contributed by atoms with Crippen LogP contribution in [-0.2, 0) is 10.0 Å². The lowest BCUT2D eigenvalue weighted by Gasteiger charge is -2.06. The molecule has 1 rings (SSSR count). The molecule has 1 aromatic rings. The van der Waals surface area contributed by atoms with Gasteiger partial charge in [-0.25, -0.2) is 13.1 Å². The summed E-state index contributed by atoms with van der Waals surface area (Å²) in [7, 11) is -3.42. The number of rotatable bonds is 4. The summed E-state index contributed by atoms with van der Waals surface area (Å²) in [5, 5.41) is 6.24. The molecule has 2 N–H and O–H groups in total. The summed E-state index contributed by atoms with van der Waals surface area (Å²) in [6.07, 6.45) is 1.30. The van der Waals surface area contributed by atoms with Crippen molar-refractivity contribution in [1.29, 1.82) is 0 Å². The van der Waals surface area contributed by atoms with Crippen LogP contribution < -0.4 is 4.72 Å². The number of nitrogens with zero attached hydrogens (tertiary/aromatic N) is 1. The van der Waals surface area contributed by atoms with Gasteiger partial charge in [0.25, 0.3) is 0 Å². The highest BCUT2D eigenvalue weighted by Crippen LogP contribution is 2.10. The van der Waals surface area contributed by atoms with Crippen LogP contribution in [0.15, 0.2) is 11.1 Å². The third-order valence-electron chi connectivity index (χ3n) is 1.63. The van der Waals surface area contributed by atoms with Crippen molar-refractivity contribution < 1.29 is 8.42 Å². The normalized spacial score (nSPS) is 14.2. The Kier molecular flexibility index (Phi) is 3.68. The molecule has 0 saturated carbocycles. The second kappa shape index (κ2) is 4.41. The number of halogens is 1. The summed E-state index contributed by atoms with van der Waals surface area (Å²) < 4.78 is 25.7. The van der Waals surface area contributed by atoms with Gasteiger partial charge in [-0.3, -0.25) is 5.10 Å². The summed E-state index contributed by atoms with van der Waals surface area (Å²) >= 11 is 3.26. The molecule has 0 spiro atoms. The minimum absolute atomic E-state index is 0.101. The molecule has 1 unspecified atom stereocenters. The smallest absolute Gasteiger partial charge is 0.243 e. The van der Waals surface area contributed by atoms with Gasteiger partial charge in [0.15, 0.2) is 0 Å². The van der Waals surface area contributed by atoms with E-state index in [2.05, 4.69) is 30.8 Å². The number of aromatic nitrogens is 2. The molecule has 1 heterocycles. The fourth-order valence-electron chi connectivity index (χ4n) is 0.913. The molecular formula is C7H12BrN3O2S. The molecule has 5 nitrogen and oxygen atoms in total. The van der Waals surface area contributed by atoms with Gasteiger partial charge in [-0.1, -0.05) is 22.9 Å². The van der Waals surface area contributed by atoms with Crippen LogP contribution in [0.1, 0.15) is 12.6 Å². The standard InChI is InChI=1S/C7H12BrN3O2S/c1-5(8)3-10-14(12,13)7-4-9-11-6(7)2/h4-5,10H,3H2,1-2H3,(H,9,11). The molecular weight excluding hydrogens is 270 g/mol. The van der Waals surface area contributed by atoms with Crippen LogP contribution in [-0.4, -0.2) is 30.0 Å². The fourth-order valence-corrected chi connectivity index (χ4v) is 2.55. The highest BCUT2D eigenvalue weighted by molar-refractivity contribution is 9.09. The van der Waals surface area contributed by atoms with Crippen molar-refractivity contribution in [1.82, 2.24) is 14.9 Å². The highest BCUT2D eigenvalue weighted by Gasteiger charge is 2.18. The number of H-pyrrole nitrogens is 1. The van der Waals surface area contributed by atoms with Gasteiger partial charge in [-0.05, 0) is 6.92 Å². The topological polar surface area (TPSA) is 74.8 Å². The molecule has 7 heteroatoms. The maximum atomic E-state index is 11.6. The van der Waals surface area contributed by atoms with E-state index in [1.54, 1.807) is 6.92 Å². The fraction of sp³-hybridized carbons (Fsp3) is 0.571. The predicted octanol–water partition coefficient (Wildman–Crippen LogP) is 0.780. The first-order valence-electron chi connectivity index (χ1n) is 4.07. The lowest BCUT2D eigenvalue weighted by molar-refractivity contribution is 0.581. The molecule has 0 amide bonds. The molecule has 0 radical (unpaired) electrons. The van der Waals surface area contributed by atoms with E-state index in [-0.39, 0.29) is 9.72 Å². The third kappa shape index (κ3) is 2.79. The lowest BCUT2D eigenvalue weighted by Crippen LogP contribution is -2.28. The largest absolute Gasteiger partial charge is 0.281 e. The van der Waals surface area contributed by atoms with Gasteiger partial charge >= 0.3 is 0 Å². The van der Waals surface area contributed by atoms with E-state index in [9.17, 15) is 8.42 Å². The minimum Gasteiger partial charge on any atom is -0.281 e.